The predicted octanol–water partition coefficient (Wildman–Crippen LogP) is 2.13. The van der Waals surface area contributed by atoms with Gasteiger partial charge in [-0.15, -0.1) is 4.91 Å². The summed E-state index contributed by atoms with van der Waals surface area (Å²) in [6.07, 6.45) is -0.284. The largest absolute Gasteiger partial charge is 0.375 e. The molecule has 1 atom stereocenters. The highest BCUT2D eigenvalue weighted by atomic mass is 19.1. The van der Waals surface area contributed by atoms with Crippen LogP contribution in [0.2, 0.25) is 0 Å². The number of ether oxygens (including phenoxy) is 1. The standard InChI is InChI=1S/C10H13FN2O2/c1-13(12-14)7-10(15-2)8-3-5-9(11)6-4-8/h3-6,10H,7H2,1-2H3. The second kappa shape index (κ2) is 5.41. The van der Waals surface area contributed by atoms with E-state index in [2.05, 4.69) is 5.29 Å². The summed E-state index contributed by atoms with van der Waals surface area (Å²) in [5, 5.41) is 3.98. The first-order valence-electron chi connectivity index (χ1n) is 4.50. The molecule has 0 aliphatic rings. The second-order valence-corrected chi connectivity index (χ2v) is 3.20. The Morgan fingerprint density at radius 1 is 1.47 bits per heavy atom. The second-order valence-electron chi connectivity index (χ2n) is 3.20. The van der Waals surface area contributed by atoms with Crippen molar-refractivity contribution in [3.8, 4) is 0 Å². The van der Waals surface area contributed by atoms with Crippen molar-refractivity contribution in [3.05, 3.63) is 40.6 Å². The minimum atomic E-state index is -0.296. The smallest absolute Gasteiger partial charge is 0.123 e. The van der Waals surface area contributed by atoms with Gasteiger partial charge in [0.15, 0.2) is 0 Å². The van der Waals surface area contributed by atoms with Gasteiger partial charge in [0.05, 0.1) is 11.8 Å². The van der Waals surface area contributed by atoms with Gasteiger partial charge in [-0.2, -0.15) is 0 Å². The van der Waals surface area contributed by atoms with Gasteiger partial charge in [-0.05, 0) is 17.7 Å². The normalized spacial score (nSPS) is 12.2. The molecule has 82 valence electrons. The van der Waals surface area contributed by atoms with E-state index in [9.17, 15) is 9.30 Å². The molecule has 0 N–H and O–H groups in total. The summed E-state index contributed by atoms with van der Waals surface area (Å²) in [6, 6.07) is 5.97. The van der Waals surface area contributed by atoms with Crippen LogP contribution in [0.1, 0.15) is 11.7 Å². The number of hydrogen-bond donors (Lipinski definition) is 0. The van der Waals surface area contributed by atoms with Gasteiger partial charge < -0.3 is 4.74 Å². The first-order chi connectivity index (χ1) is 7.17. The molecule has 0 radical (unpaired) electrons. The number of nitroso groups, excluding NO2 is 1. The number of halogens is 1. The Bertz CT molecular complexity index is 316. The fourth-order valence-corrected chi connectivity index (χ4v) is 1.27. The fourth-order valence-electron chi connectivity index (χ4n) is 1.27. The zero-order valence-corrected chi connectivity index (χ0v) is 8.68. The lowest BCUT2D eigenvalue weighted by Crippen LogP contribution is -2.20. The van der Waals surface area contributed by atoms with Crippen LogP contribution in [0, 0.1) is 10.7 Å². The lowest BCUT2D eigenvalue weighted by atomic mass is 10.1. The SMILES string of the molecule is COC(CN(C)N=O)c1ccc(F)cc1. The van der Waals surface area contributed by atoms with E-state index < -0.39 is 0 Å². The van der Waals surface area contributed by atoms with Gasteiger partial charge in [-0.3, -0.25) is 5.01 Å². The molecule has 0 heterocycles. The van der Waals surface area contributed by atoms with Gasteiger partial charge in [0.2, 0.25) is 0 Å². The number of methoxy groups -OCH3 is 1. The Labute approximate surface area is 87.6 Å². The van der Waals surface area contributed by atoms with E-state index in [1.165, 1.54) is 24.3 Å². The van der Waals surface area contributed by atoms with Crippen molar-refractivity contribution in [3.63, 3.8) is 0 Å². The lowest BCUT2D eigenvalue weighted by Gasteiger charge is -2.18. The summed E-state index contributed by atoms with van der Waals surface area (Å²) in [4.78, 5) is 10.2. The Morgan fingerprint density at radius 2 is 2.07 bits per heavy atom. The molecular weight excluding hydrogens is 199 g/mol. The first kappa shape index (κ1) is 11.6. The molecule has 0 saturated heterocycles. The third-order valence-corrected chi connectivity index (χ3v) is 2.10. The summed E-state index contributed by atoms with van der Waals surface area (Å²) in [5.74, 6) is -0.296. The van der Waals surface area contributed by atoms with Crippen LogP contribution in [0.15, 0.2) is 29.6 Å². The quantitative estimate of drug-likeness (QED) is 0.554. The van der Waals surface area contributed by atoms with Crippen molar-refractivity contribution in [2.45, 2.75) is 6.10 Å². The number of likely N-dealkylation sites (N-methyl/N-ethyl adjacent to an activating group) is 1. The summed E-state index contributed by atoms with van der Waals surface area (Å²) < 4.78 is 17.8. The van der Waals surface area contributed by atoms with Crippen LogP contribution in [0.3, 0.4) is 0 Å². The monoisotopic (exact) mass is 212 g/mol. The molecule has 0 bridgehead atoms. The average Bonchev–Trinajstić information content (AvgIpc) is 2.27. The molecular formula is C10H13FN2O2. The number of nitrogens with zero attached hydrogens (tertiary/aromatic N) is 2. The first-order valence-corrected chi connectivity index (χ1v) is 4.50. The van der Waals surface area contributed by atoms with Crippen LogP contribution in [-0.4, -0.2) is 25.7 Å². The Morgan fingerprint density at radius 3 is 2.53 bits per heavy atom. The van der Waals surface area contributed by atoms with E-state index in [1.807, 2.05) is 0 Å². The Balaban J connectivity index is 2.73. The highest BCUT2D eigenvalue weighted by Gasteiger charge is 2.12. The lowest BCUT2D eigenvalue weighted by molar-refractivity contribution is 0.0719. The van der Waals surface area contributed by atoms with E-state index in [1.54, 1.807) is 19.2 Å². The van der Waals surface area contributed by atoms with E-state index in [4.69, 9.17) is 4.74 Å². The zero-order chi connectivity index (χ0) is 11.3. The maximum Gasteiger partial charge on any atom is 0.123 e. The molecule has 0 saturated carbocycles. The predicted molar refractivity (Wildman–Crippen MR) is 54.6 cm³/mol. The highest BCUT2D eigenvalue weighted by Crippen LogP contribution is 2.17. The fraction of sp³-hybridized carbons (Fsp3) is 0.400. The highest BCUT2D eigenvalue weighted by molar-refractivity contribution is 5.19. The zero-order valence-electron chi connectivity index (χ0n) is 8.68. The minimum Gasteiger partial charge on any atom is -0.375 e. The summed E-state index contributed by atoms with van der Waals surface area (Å²) in [6.45, 7) is 0.339. The van der Waals surface area contributed by atoms with Crippen LogP contribution >= 0.6 is 0 Å². The molecule has 1 aromatic carbocycles. The van der Waals surface area contributed by atoms with Crippen molar-refractivity contribution < 1.29 is 9.13 Å². The van der Waals surface area contributed by atoms with Crippen LogP contribution < -0.4 is 0 Å². The maximum absolute atomic E-state index is 12.7. The number of hydrogen-bond acceptors (Lipinski definition) is 3. The summed E-state index contributed by atoms with van der Waals surface area (Å²) in [5.41, 5.74) is 0.814. The van der Waals surface area contributed by atoms with E-state index in [0.717, 1.165) is 5.56 Å². The summed E-state index contributed by atoms with van der Waals surface area (Å²) >= 11 is 0. The molecule has 0 amide bonds. The van der Waals surface area contributed by atoms with Crippen molar-refractivity contribution in [2.75, 3.05) is 20.7 Å². The van der Waals surface area contributed by atoms with Gasteiger partial charge in [-0.1, -0.05) is 12.1 Å². The van der Waals surface area contributed by atoms with E-state index in [0.29, 0.717) is 6.54 Å². The average molecular weight is 212 g/mol. The van der Waals surface area contributed by atoms with Gasteiger partial charge in [0.1, 0.15) is 11.9 Å². The molecule has 1 aromatic rings. The molecule has 1 rings (SSSR count). The van der Waals surface area contributed by atoms with Crippen LogP contribution in [-0.2, 0) is 4.74 Å². The third-order valence-electron chi connectivity index (χ3n) is 2.10. The third kappa shape index (κ3) is 3.28. The van der Waals surface area contributed by atoms with Gasteiger partial charge in [0.25, 0.3) is 0 Å². The molecule has 0 aliphatic heterocycles. The molecule has 4 nitrogen and oxygen atoms in total. The number of benzene rings is 1. The Hall–Kier alpha value is -1.49. The molecule has 0 spiro atoms. The van der Waals surface area contributed by atoms with Crippen molar-refractivity contribution in [2.24, 2.45) is 5.29 Å². The van der Waals surface area contributed by atoms with Crippen LogP contribution in [0.4, 0.5) is 4.39 Å². The molecule has 0 aliphatic carbocycles. The molecule has 0 fully saturated rings. The van der Waals surface area contributed by atoms with Gasteiger partial charge in [0, 0.05) is 14.2 Å². The summed E-state index contributed by atoms with van der Waals surface area (Å²) in [7, 11) is 3.09. The van der Waals surface area contributed by atoms with Crippen molar-refractivity contribution in [1.29, 1.82) is 0 Å². The Kier molecular flexibility index (Phi) is 4.17. The minimum absolute atomic E-state index is 0.284. The van der Waals surface area contributed by atoms with Crippen LogP contribution in [0.5, 0.6) is 0 Å². The van der Waals surface area contributed by atoms with E-state index in [-0.39, 0.29) is 11.9 Å². The van der Waals surface area contributed by atoms with Gasteiger partial charge in [-0.25, -0.2) is 4.39 Å². The van der Waals surface area contributed by atoms with Gasteiger partial charge >= 0.3 is 0 Å². The molecule has 1 unspecified atom stereocenters. The van der Waals surface area contributed by atoms with E-state index >= 15 is 0 Å². The topological polar surface area (TPSA) is 41.9 Å². The molecule has 5 heteroatoms. The molecule has 15 heavy (non-hydrogen) atoms. The number of rotatable bonds is 5. The van der Waals surface area contributed by atoms with Crippen molar-refractivity contribution >= 4 is 0 Å². The maximum atomic E-state index is 12.7. The molecule has 0 aromatic heterocycles. The van der Waals surface area contributed by atoms with Crippen molar-refractivity contribution in [1.82, 2.24) is 5.01 Å². The van der Waals surface area contributed by atoms with Crippen LogP contribution in [0.25, 0.3) is 0 Å².